The molecule has 1 N–H and O–H groups in total. The Morgan fingerprint density at radius 3 is 2.82 bits per heavy atom. The van der Waals surface area contributed by atoms with Crippen LogP contribution in [0, 0.1) is 0 Å². The summed E-state index contributed by atoms with van der Waals surface area (Å²) in [5.41, 5.74) is 2.37. The van der Waals surface area contributed by atoms with Crippen molar-refractivity contribution in [3.05, 3.63) is 24.3 Å². The van der Waals surface area contributed by atoms with E-state index in [2.05, 4.69) is 28.8 Å². The topological polar surface area (TPSA) is 42.7 Å². The summed E-state index contributed by atoms with van der Waals surface area (Å²) in [5.74, 6) is 1.20. The van der Waals surface area contributed by atoms with Crippen molar-refractivity contribution < 1.29 is 0 Å². The van der Waals surface area contributed by atoms with Gasteiger partial charge in [0.2, 0.25) is 0 Å². The number of imidazole rings is 1. The van der Waals surface area contributed by atoms with Crippen LogP contribution < -0.4 is 5.32 Å². The Balaban J connectivity index is 2.13. The first kappa shape index (κ1) is 10.7. The van der Waals surface area contributed by atoms with Gasteiger partial charge in [-0.2, -0.15) is 0 Å². The smallest absolute Gasteiger partial charge is 0.115 e. The number of hydrogen-bond acceptors (Lipinski definition) is 3. The van der Waals surface area contributed by atoms with Crippen molar-refractivity contribution in [1.82, 2.24) is 19.9 Å². The van der Waals surface area contributed by atoms with Crippen LogP contribution in [0.1, 0.15) is 25.6 Å². The molecule has 1 fully saturated rings. The van der Waals surface area contributed by atoms with Gasteiger partial charge in [-0.25, -0.2) is 4.98 Å². The zero-order chi connectivity index (χ0) is 11.9. The Bertz CT molecular complexity index is 537. The van der Waals surface area contributed by atoms with Crippen LogP contribution in [0.5, 0.6) is 0 Å². The molecule has 3 heterocycles. The highest BCUT2D eigenvalue weighted by atomic mass is 15.1. The van der Waals surface area contributed by atoms with Crippen molar-refractivity contribution in [1.29, 1.82) is 0 Å². The van der Waals surface area contributed by atoms with Crippen LogP contribution in [0.4, 0.5) is 0 Å². The van der Waals surface area contributed by atoms with E-state index in [-0.39, 0.29) is 5.41 Å². The van der Waals surface area contributed by atoms with E-state index in [1.807, 2.05) is 18.5 Å². The molecular weight excluding hydrogens is 212 g/mol. The number of fused-ring (bicyclic) bond motifs is 1. The SMILES string of the molecule is Cn1c(C2(C)CCNCC2)nc2cnccc21. The Kier molecular flexibility index (Phi) is 2.40. The van der Waals surface area contributed by atoms with E-state index in [1.165, 1.54) is 11.3 Å². The van der Waals surface area contributed by atoms with Crippen molar-refractivity contribution in [3.8, 4) is 0 Å². The van der Waals surface area contributed by atoms with Crippen LogP contribution in [0.2, 0.25) is 0 Å². The third-order valence-corrected chi connectivity index (χ3v) is 3.93. The van der Waals surface area contributed by atoms with Crippen LogP contribution in [0.15, 0.2) is 18.5 Å². The third-order valence-electron chi connectivity index (χ3n) is 3.93. The lowest BCUT2D eigenvalue weighted by Crippen LogP contribution is -2.39. The summed E-state index contributed by atoms with van der Waals surface area (Å²) in [6, 6.07) is 2.04. The molecule has 17 heavy (non-hydrogen) atoms. The predicted molar refractivity (Wildman–Crippen MR) is 68.0 cm³/mol. The van der Waals surface area contributed by atoms with E-state index in [0.29, 0.717) is 0 Å². The molecule has 4 heteroatoms. The summed E-state index contributed by atoms with van der Waals surface area (Å²) in [4.78, 5) is 8.93. The average molecular weight is 230 g/mol. The molecule has 2 aromatic heterocycles. The molecule has 1 saturated heterocycles. The molecule has 1 aliphatic rings. The molecule has 0 spiro atoms. The number of aryl methyl sites for hydroxylation is 1. The van der Waals surface area contributed by atoms with Gasteiger partial charge in [-0.05, 0) is 32.0 Å². The first-order valence-corrected chi connectivity index (χ1v) is 6.18. The van der Waals surface area contributed by atoms with Gasteiger partial charge in [0, 0.05) is 18.7 Å². The Morgan fingerprint density at radius 2 is 2.12 bits per heavy atom. The molecule has 0 bridgehead atoms. The van der Waals surface area contributed by atoms with Gasteiger partial charge in [0.05, 0.1) is 11.7 Å². The molecule has 0 radical (unpaired) electrons. The van der Waals surface area contributed by atoms with Gasteiger partial charge in [0.1, 0.15) is 11.3 Å². The maximum atomic E-state index is 4.78. The fourth-order valence-electron chi connectivity index (χ4n) is 2.79. The van der Waals surface area contributed by atoms with E-state index in [0.717, 1.165) is 31.4 Å². The summed E-state index contributed by atoms with van der Waals surface area (Å²) in [6.45, 7) is 4.48. The minimum Gasteiger partial charge on any atom is -0.331 e. The Hall–Kier alpha value is -1.42. The largest absolute Gasteiger partial charge is 0.331 e. The lowest BCUT2D eigenvalue weighted by molar-refractivity contribution is 0.313. The number of hydrogen-bond donors (Lipinski definition) is 1. The van der Waals surface area contributed by atoms with Crippen LogP contribution in [-0.2, 0) is 12.5 Å². The molecular formula is C13H18N4. The predicted octanol–water partition coefficient (Wildman–Crippen LogP) is 1.61. The molecule has 1 aliphatic heterocycles. The zero-order valence-electron chi connectivity index (χ0n) is 10.4. The van der Waals surface area contributed by atoms with E-state index < -0.39 is 0 Å². The van der Waals surface area contributed by atoms with Gasteiger partial charge in [-0.15, -0.1) is 0 Å². The Morgan fingerprint density at radius 1 is 1.35 bits per heavy atom. The lowest BCUT2D eigenvalue weighted by atomic mass is 9.80. The van der Waals surface area contributed by atoms with Gasteiger partial charge in [-0.3, -0.25) is 4.98 Å². The number of nitrogens with one attached hydrogen (secondary N) is 1. The van der Waals surface area contributed by atoms with Crippen molar-refractivity contribution in [2.45, 2.75) is 25.2 Å². The Labute approximate surface area is 101 Å². The van der Waals surface area contributed by atoms with E-state index in [9.17, 15) is 0 Å². The van der Waals surface area contributed by atoms with Crippen LogP contribution in [0.25, 0.3) is 11.0 Å². The van der Waals surface area contributed by atoms with E-state index in [1.54, 1.807) is 0 Å². The van der Waals surface area contributed by atoms with Crippen LogP contribution >= 0.6 is 0 Å². The summed E-state index contributed by atoms with van der Waals surface area (Å²) in [7, 11) is 2.11. The summed E-state index contributed by atoms with van der Waals surface area (Å²) < 4.78 is 2.22. The first-order valence-electron chi connectivity index (χ1n) is 6.18. The quantitative estimate of drug-likeness (QED) is 0.809. The molecule has 0 atom stereocenters. The van der Waals surface area contributed by atoms with Gasteiger partial charge < -0.3 is 9.88 Å². The molecule has 4 nitrogen and oxygen atoms in total. The molecule has 0 aliphatic carbocycles. The standard InChI is InChI=1S/C13H18N4/c1-13(4-7-14-8-5-13)12-16-10-9-15-6-3-11(10)17(12)2/h3,6,9,14H,4-5,7-8H2,1-2H3. The van der Waals surface area contributed by atoms with Crippen molar-refractivity contribution in [2.75, 3.05) is 13.1 Å². The van der Waals surface area contributed by atoms with Crippen molar-refractivity contribution >= 4 is 11.0 Å². The number of rotatable bonds is 1. The second-order valence-corrected chi connectivity index (χ2v) is 5.17. The first-order chi connectivity index (χ1) is 8.21. The molecule has 0 unspecified atom stereocenters. The van der Waals surface area contributed by atoms with Gasteiger partial charge in [0.15, 0.2) is 0 Å². The highest BCUT2D eigenvalue weighted by molar-refractivity contribution is 5.74. The van der Waals surface area contributed by atoms with Gasteiger partial charge >= 0.3 is 0 Å². The zero-order valence-corrected chi connectivity index (χ0v) is 10.4. The summed E-state index contributed by atoms with van der Waals surface area (Å²) >= 11 is 0. The maximum absolute atomic E-state index is 4.78. The molecule has 0 saturated carbocycles. The van der Waals surface area contributed by atoms with Gasteiger partial charge in [-0.1, -0.05) is 6.92 Å². The fraction of sp³-hybridized carbons (Fsp3) is 0.538. The maximum Gasteiger partial charge on any atom is 0.115 e. The second-order valence-electron chi connectivity index (χ2n) is 5.17. The number of aromatic nitrogens is 3. The molecule has 2 aromatic rings. The van der Waals surface area contributed by atoms with Crippen LogP contribution in [-0.4, -0.2) is 27.6 Å². The number of pyridine rings is 1. The molecule has 0 amide bonds. The van der Waals surface area contributed by atoms with Crippen LogP contribution in [0.3, 0.4) is 0 Å². The highest BCUT2D eigenvalue weighted by Crippen LogP contribution is 2.33. The second kappa shape index (κ2) is 3.81. The van der Waals surface area contributed by atoms with Crippen molar-refractivity contribution in [2.24, 2.45) is 7.05 Å². The normalized spacial score (nSPS) is 19.6. The molecule has 90 valence electrons. The third kappa shape index (κ3) is 1.63. The molecule has 3 rings (SSSR count). The fourth-order valence-corrected chi connectivity index (χ4v) is 2.79. The average Bonchev–Trinajstić information content (AvgIpc) is 2.69. The van der Waals surface area contributed by atoms with Crippen molar-refractivity contribution in [3.63, 3.8) is 0 Å². The molecule has 0 aromatic carbocycles. The summed E-state index contributed by atoms with van der Waals surface area (Å²) in [5, 5.41) is 3.41. The number of nitrogens with zero attached hydrogens (tertiary/aromatic N) is 3. The number of piperidine rings is 1. The summed E-state index contributed by atoms with van der Waals surface area (Å²) in [6.07, 6.45) is 5.98. The monoisotopic (exact) mass is 230 g/mol. The van der Waals surface area contributed by atoms with Gasteiger partial charge in [0.25, 0.3) is 0 Å². The lowest BCUT2D eigenvalue weighted by Gasteiger charge is -2.33. The minimum atomic E-state index is 0.193. The highest BCUT2D eigenvalue weighted by Gasteiger charge is 2.33. The minimum absolute atomic E-state index is 0.193. The van der Waals surface area contributed by atoms with E-state index in [4.69, 9.17) is 4.98 Å². The van der Waals surface area contributed by atoms with E-state index >= 15 is 0 Å².